The van der Waals surface area contributed by atoms with Gasteiger partial charge in [0.05, 0.1) is 18.2 Å². The summed E-state index contributed by atoms with van der Waals surface area (Å²) in [5, 5.41) is 29.3. The van der Waals surface area contributed by atoms with Crippen molar-refractivity contribution in [2.45, 2.75) is 31.1 Å². The number of carbonyl (C=O) groups is 1. The molecular formula is C31H23FN4O7. The Bertz CT molecular complexity index is 1720. The molecule has 5 unspecified atom stereocenters. The maximum absolute atomic E-state index is 13.4. The van der Waals surface area contributed by atoms with Crippen LogP contribution in [-0.2, 0) is 16.1 Å². The number of carboxylic acid groups (broad SMARTS) is 1. The molecule has 1 aliphatic heterocycles. The van der Waals surface area contributed by atoms with E-state index in [1.807, 2.05) is 24.3 Å². The lowest BCUT2D eigenvalue weighted by atomic mass is 9.88. The molecule has 0 aliphatic carbocycles. The normalized spacial score (nSPS) is 21.5. The van der Waals surface area contributed by atoms with Gasteiger partial charge in [0, 0.05) is 0 Å². The van der Waals surface area contributed by atoms with Gasteiger partial charge in [0.2, 0.25) is 0 Å². The summed E-state index contributed by atoms with van der Waals surface area (Å²) in [6, 6.07) is 21.1. The minimum absolute atomic E-state index is 0.0495. The number of nitriles is 1. The van der Waals surface area contributed by atoms with Gasteiger partial charge in [0.25, 0.3) is 0 Å². The van der Waals surface area contributed by atoms with E-state index in [1.165, 1.54) is 12.1 Å². The van der Waals surface area contributed by atoms with Gasteiger partial charge in [-0.1, -0.05) is 64.1 Å². The number of ether oxygens (including phenoxy) is 2. The molecule has 0 saturated carbocycles. The Hall–Kier alpha value is -5.25. The van der Waals surface area contributed by atoms with E-state index in [2.05, 4.69) is 15.5 Å². The van der Waals surface area contributed by atoms with Crippen LogP contribution in [0, 0.1) is 37.8 Å². The highest BCUT2D eigenvalue weighted by molar-refractivity contribution is 6.04. The van der Waals surface area contributed by atoms with E-state index in [1.54, 1.807) is 48.5 Å². The van der Waals surface area contributed by atoms with Crippen LogP contribution in [0.4, 0.5) is 4.39 Å². The highest BCUT2D eigenvalue weighted by Crippen LogP contribution is 2.35. The van der Waals surface area contributed by atoms with Crippen molar-refractivity contribution in [2.75, 3.05) is 6.54 Å². The van der Waals surface area contributed by atoms with E-state index in [9.17, 15) is 34.3 Å². The van der Waals surface area contributed by atoms with Gasteiger partial charge in [0.15, 0.2) is 6.29 Å². The molecule has 1 fully saturated rings. The summed E-state index contributed by atoms with van der Waals surface area (Å²) in [5.74, 6) is -2.67. The quantitative estimate of drug-likeness (QED) is 0.209. The molecular weight excluding hydrogens is 559 g/mol. The fourth-order valence-corrected chi connectivity index (χ4v) is 5.21. The predicted octanol–water partition coefficient (Wildman–Crippen LogP) is 6.43. The Kier molecular flexibility index (Phi) is 8.66. The summed E-state index contributed by atoms with van der Waals surface area (Å²) in [5.41, 5.74) is 3.78. The zero-order valence-corrected chi connectivity index (χ0v) is 22.4. The van der Waals surface area contributed by atoms with Gasteiger partial charge in [-0.05, 0) is 68.9 Å². The fourth-order valence-electron chi connectivity index (χ4n) is 5.21. The number of halogens is 1. The largest absolute Gasteiger partial charge is 0.478 e. The molecule has 11 nitrogen and oxygen atoms in total. The summed E-state index contributed by atoms with van der Waals surface area (Å²) >= 11 is 0. The lowest BCUT2D eigenvalue weighted by Crippen LogP contribution is -2.54. The average Bonchev–Trinajstić information content (AvgIpc) is 3.03. The molecule has 0 amide bonds. The molecule has 1 heterocycles. The second-order valence-corrected chi connectivity index (χ2v) is 9.98. The van der Waals surface area contributed by atoms with Gasteiger partial charge < -0.3 is 14.6 Å². The Balaban J connectivity index is 1.40. The van der Waals surface area contributed by atoms with E-state index in [-0.39, 0.29) is 18.0 Å². The molecule has 1 N–H and O–H groups in total. The summed E-state index contributed by atoms with van der Waals surface area (Å²) in [4.78, 5) is 45.5. The van der Waals surface area contributed by atoms with Gasteiger partial charge in [-0.3, -0.25) is 0 Å². The smallest absolute Gasteiger partial charge is 0.335 e. The molecule has 5 atom stereocenters. The van der Waals surface area contributed by atoms with Crippen LogP contribution in [0.15, 0.2) is 94.4 Å². The third-order valence-corrected chi connectivity index (χ3v) is 7.40. The highest BCUT2D eigenvalue weighted by atomic mass is 19.1. The third kappa shape index (κ3) is 6.04. The zero-order valence-electron chi connectivity index (χ0n) is 22.4. The molecule has 1 saturated heterocycles. The zero-order chi connectivity index (χ0) is 30.5. The van der Waals surface area contributed by atoms with Gasteiger partial charge in [0.1, 0.15) is 36.5 Å². The summed E-state index contributed by atoms with van der Waals surface area (Å²) in [6.45, 7) is -0.518. The monoisotopic (exact) mass is 582 g/mol. The maximum atomic E-state index is 13.4. The van der Waals surface area contributed by atoms with Crippen LogP contribution in [-0.4, -0.2) is 42.1 Å². The van der Waals surface area contributed by atoms with Gasteiger partial charge in [-0.25, -0.2) is 9.18 Å². The SMILES string of the molecule is N#CC1C(OCc2ccc(-c3cc(C(=O)O)cc4cc(-c5ccc(F)cc5)ccc34)cc2)OC(CN=O)C(N=O)C1N=O. The second-order valence-electron chi connectivity index (χ2n) is 9.98. The lowest BCUT2D eigenvalue weighted by molar-refractivity contribution is -0.222. The number of nitrogens with zero attached hydrogens (tertiary/aromatic N) is 4. The van der Waals surface area contributed by atoms with E-state index >= 15 is 0 Å². The second kappa shape index (κ2) is 12.7. The lowest BCUT2D eigenvalue weighted by Gasteiger charge is -2.37. The number of hydrogen-bond donors (Lipinski definition) is 1. The molecule has 216 valence electrons. The predicted molar refractivity (Wildman–Crippen MR) is 154 cm³/mol. The van der Waals surface area contributed by atoms with Crippen molar-refractivity contribution in [3.05, 3.63) is 111 Å². The van der Waals surface area contributed by atoms with E-state index in [4.69, 9.17) is 9.47 Å². The Morgan fingerprint density at radius 1 is 0.907 bits per heavy atom. The minimum Gasteiger partial charge on any atom is -0.478 e. The standard InChI is InChI=1S/C31H23FN4O7/c32-23-8-5-18(6-9-23)20-7-10-24-21(11-20)12-22(30(37)38)13-25(24)19-3-1-17(2-4-19)16-42-31-26(14-33)28(35-40)29(36-41)27(43-31)15-34-39/h1-13,26-29,31H,15-16H2,(H,37,38). The van der Waals surface area contributed by atoms with Crippen LogP contribution in [0.5, 0.6) is 0 Å². The van der Waals surface area contributed by atoms with Crippen LogP contribution in [0.1, 0.15) is 15.9 Å². The Morgan fingerprint density at radius 3 is 2.21 bits per heavy atom. The van der Waals surface area contributed by atoms with Crippen molar-refractivity contribution in [1.29, 1.82) is 5.26 Å². The van der Waals surface area contributed by atoms with Crippen LogP contribution < -0.4 is 0 Å². The van der Waals surface area contributed by atoms with Gasteiger partial charge >= 0.3 is 5.97 Å². The number of benzene rings is 4. The molecule has 1 aliphatic rings. The number of aromatic carboxylic acids is 1. The number of carboxylic acids is 1. The highest BCUT2D eigenvalue weighted by Gasteiger charge is 2.49. The number of nitroso groups, excluding NO2 is 3. The minimum atomic E-state index is -1.37. The third-order valence-electron chi connectivity index (χ3n) is 7.40. The molecule has 43 heavy (non-hydrogen) atoms. The number of fused-ring (bicyclic) bond motifs is 1. The molecule has 5 rings (SSSR count). The first kappa shape index (κ1) is 29.2. The van der Waals surface area contributed by atoms with Crippen molar-refractivity contribution >= 4 is 16.7 Å². The van der Waals surface area contributed by atoms with Crippen molar-refractivity contribution in [3.63, 3.8) is 0 Å². The molecule has 4 aromatic rings. The van der Waals surface area contributed by atoms with Crippen LogP contribution >= 0.6 is 0 Å². The van der Waals surface area contributed by atoms with Crippen molar-refractivity contribution in [3.8, 4) is 28.3 Å². The summed E-state index contributed by atoms with van der Waals surface area (Å²) in [6.07, 6.45) is -2.42. The number of hydrogen-bond acceptors (Lipinski definition) is 10. The first-order valence-corrected chi connectivity index (χ1v) is 13.1. The average molecular weight is 583 g/mol. The number of rotatable bonds is 10. The first-order chi connectivity index (χ1) is 20.9. The molecule has 0 spiro atoms. The Morgan fingerprint density at radius 2 is 1.58 bits per heavy atom. The van der Waals surface area contributed by atoms with Crippen LogP contribution in [0.2, 0.25) is 0 Å². The van der Waals surface area contributed by atoms with E-state index in [0.717, 1.165) is 22.1 Å². The summed E-state index contributed by atoms with van der Waals surface area (Å²) < 4.78 is 24.8. The molecule has 0 bridgehead atoms. The van der Waals surface area contributed by atoms with Crippen molar-refractivity contribution in [2.24, 2.45) is 21.4 Å². The van der Waals surface area contributed by atoms with Crippen LogP contribution in [0.25, 0.3) is 33.0 Å². The van der Waals surface area contributed by atoms with E-state index in [0.29, 0.717) is 16.5 Å². The van der Waals surface area contributed by atoms with Crippen molar-refractivity contribution in [1.82, 2.24) is 0 Å². The molecule has 0 aromatic heterocycles. The first-order valence-electron chi connectivity index (χ1n) is 13.1. The molecule has 12 heteroatoms. The Labute approximate surface area is 243 Å². The van der Waals surface area contributed by atoms with Gasteiger partial charge in [-0.2, -0.15) is 20.0 Å². The molecule has 0 radical (unpaired) electrons. The fraction of sp³-hybridized carbons (Fsp3) is 0.226. The summed E-state index contributed by atoms with van der Waals surface area (Å²) in [7, 11) is 0. The van der Waals surface area contributed by atoms with Gasteiger partial charge in [-0.15, -0.1) is 0 Å². The van der Waals surface area contributed by atoms with Crippen LogP contribution in [0.3, 0.4) is 0 Å². The van der Waals surface area contributed by atoms with E-state index < -0.39 is 42.9 Å². The topological polar surface area (TPSA) is 168 Å². The maximum Gasteiger partial charge on any atom is 0.335 e. The van der Waals surface area contributed by atoms with Crippen molar-refractivity contribution < 1.29 is 23.8 Å². The molecule has 4 aromatic carbocycles.